The maximum absolute atomic E-state index is 11.4. The molecule has 1 heterocycles. The van der Waals surface area contributed by atoms with Crippen molar-refractivity contribution in [1.82, 2.24) is 0 Å². The smallest absolute Gasteiger partial charge is 0.223 e. The normalized spacial score (nSPS) is 20.4. The number of hydrogen-bond donors (Lipinski definition) is 1. The molecule has 14 heavy (non-hydrogen) atoms. The fourth-order valence-electron chi connectivity index (χ4n) is 1.92. The van der Waals surface area contributed by atoms with E-state index < -0.39 is 0 Å². The molecule has 0 spiro atoms. The van der Waals surface area contributed by atoms with Gasteiger partial charge in [-0.05, 0) is 18.1 Å². The number of para-hydroxylation sites is 1. The molecular weight excluding hydrogens is 176 g/mol. The fourth-order valence-corrected chi connectivity index (χ4v) is 1.92. The molecule has 0 radical (unpaired) electrons. The molecule has 0 fully saturated rings. The van der Waals surface area contributed by atoms with Crippen LogP contribution in [-0.4, -0.2) is 18.5 Å². The standard InChI is InChI=1S/C11H14N2O/c1-8(14)13-7-10(12)6-9-4-2-3-5-11(9)13/h2-5,10H,6-7,12H2,1H3. The summed E-state index contributed by atoms with van der Waals surface area (Å²) in [6, 6.07) is 8.00. The molecule has 0 bridgehead atoms. The van der Waals surface area contributed by atoms with E-state index in [1.807, 2.05) is 24.3 Å². The van der Waals surface area contributed by atoms with E-state index in [9.17, 15) is 4.79 Å². The monoisotopic (exact) mass is 190 g/mol. The van der Waals surface area contributed by atoms with Gasteiger partial charge < -0.3 is 10.6 Å². The Morgan fingerprint density at radius 1 is 1.50 bits per heavy atom. The predicted molar refractivity (Wildman–Crippen MR) is 56.1 cm³/mol. The zero-order chi connectivity index (χ0) is 10.1. The Kier molecular flexibility index (Phi) is 2.25. The van der Waals surface area contributed by atoms with Crippen LogP contribution in [0.2, 0.25) is 0 Å². The Bertz CT molecular complexity index is 362. The highest BCUT2D eigenvalue weighted by Gasteiger charge is 2.23. The number of benzene rings is 1. The average Bonchev–Trinajstić information content (AvgIpc) is 2.16. The van der Waals surface area contributed by atoms with Crippen molar-refractivity contribution in [2.45, 2.75) is 19.4 Å². The van der Waals surface area contributed by atoms with Crippen LogP contribution in [0.1, 0.15) is 12.5 Å². The average molecular weight is 190 g/mol. The number of nitrogens with two attached hydrogens (primary N) is 1. The molecule has 1 atom stereocenters. The van der Waals surface area contributed by atoms with Crippen molar-refractivity contribution in [3.05, 3.63) is 29.8 Å². The first-order valence-electron chi connectivity index (χ1n) is 4.80. The first-order valence-corrected chi connectivity index (χ1v) is 4.80. The minimum Gasteiger partial charge on any atom is -0.326 e. The molecule has 2 rings (SSSR count). The molecule has 0 aliphatic carbocycles. The third kappa shape index (κ3) is 1.51. The van der Waals surface area contributed by atoms with Gasteiger partial charge in [-0.1, -0.05) is 18.2 Å². The summed E-state index contributed by atoms with van der Waals surface area (Å²) in [5, 5.41) is 0. The van der Waals surface area contributed by atoms with Crippen molar-refractivity contribution >= 4 is 11.6 Å². The molecule has 1 amide bonds. The zero-order valence-electron chi connectivity index (χ0n) is 8.23. The van der Waals surface area contributed by atoms with Crippen LogP contribution < -0.4 is 10.6 Å². The summed E-state index contributed by atoms with van der Waals surface area (Å²) in [7, 11) is 0. The van der Waals surface area contributed by atoms with Gasteiger partial charge in [0.05, 0.1) is 0 Å². The molecule has 1 aliphatic rings. The highest BCUT2D eigenvalue weighted by molar-refractivity contribution is 5.92. The lowest BCUT2D eigenvalue weighted by atomic mass is 9.98. The summed E-state index contributed by atoms with van der Waals surface area (Å²) in [6.07, 6.45) is 0.861. The maximum Gasteiger partial charge on any atom is 0.223 e. The minimum absolute atomic E-state index is 0.0626. The van der Waals surface area contributed by atoms with E-state index in [1.165, 1.54) is 5.56 Å². The van der Waals surface area contributed by atoms with E-state index in [4.69, 9.17) is 5.73 Å². The minimum atomic E-state index is 0.0626. The summed E-state index contributed by atoms with van der Waals surface area (Å²) in [4.78, 5) is 13.1. The Hall–Kier alpha value is -1.35. The van der Waals surface area contributed by atoms with E-state index in [-0.39, 0.29) is 11.9 Å². The van der Waals surface area contributed by atoms with Crippen molar-refractivity contribution in [3.8, 4) is 0 Å². The summed E-state index contributed by atoms with van der Waals surface area (Å²) >= 11 is 0. The quantitative estimate of drug-likeness (QED) is 0.661. The van der Waals surface area contributed by atoms with E-state index in [0.29, 0.717) is 6.54 Å². The van der Waals surface area contributed by atoms with Gasteiger partial charge in [0, 0.05) is 25.2 Å². The van der Waals surface area contributed by atoms with Gasteiger partial charge in [-0.2, -0.15) is 0 Å². The topological polar surface area (TPSA) is 46.3 Å². The summed E-state index contributed by atoms with van der Waals surface area (Å²) < 4.78 is 0. The molecule has 3 nitrogen and oxygen atoms in total. The molecule has 0 aromatic heterocycles. The number of anilines is 1. The lowest BCUT2D eigenvalue weighted by Gasteiger charge is -2.32. The van der Waals surface area contributed by atoms with Crippen molar-refractivity contribution < 1.29 is 4.79 Å². The van der Waals surface area contributed by atoms with Crippen LogP contribution in [0.15, 0.2) is 24.3 Å². The Labute approximate surface area is 83.5 Å². The van der Waals surface area contributed by atoms with Crippen LogP contribution in [0.5, 0.6) is 0 Å². The van der Waals surface area contributed by atoms with Gasteiger partial charge in [0.1, 0.15) is 0 Å². The second kappa shape index (κ2) is 3.42. The number of hydrogen-bond acceptors (Lipinski definition) is 2. The Balaban J connectivity index is 2.43. The van der Waals surface area contributed by atoms with Gasteiger partial charge in [-0.15, -0.1) is 0 Å². The SMILES string of the molecule is CC(=O)N1CC(N)Cc2ccccc21. The summed E-state index contributed by atoms with van der Waals surface area (Å²) in [5.41, 5.74) is 8.07. The van der Waals surface area contributed by atoms with Crippen molar-refractivity contribution in [2.24, 2.45) is 5.73 Å². The lowest BCUT2D eigenvalue weighted by molar-refractivity contribution is -0.116. The van der Waals surface area contributed by atoms with E-state index >= 15 is 0 Å². The summed E-state index contributed by atoms with van der Waals surface area (Å²) in [5.74, 6) is 0.0626. The first kappa shape index (κ1) is 9.21. The van der Waals surface area contributed by atoms with Crippen LogP contribution in [0.4, 0.5) is 5.69 Å². The molecule has 1 unspecified atom stereocenters. The highest BCUT2D eigenvalue weighted by atomic mass is 16.2. The molecule has 1 aromatic carbocycles. The van der Waals surface area contributed by atoms with Gasteiger partial charge in [0.15, 0.2) is 0 Å². The lowest BCUT2D eigenvalue weighted by Crippen LogP contribution is -2.45. The molecule has 0 saturated heterocycles. The maximum atomic E-state index is 11.4. The van der Waals surface area contributed by atoms with Crippen molar-refractivity contribution in [2.75, 3.05) is 11.4 Å². The van der Waals surface area contributed by atoms with E-state index in [2.05, 4.69) is 0 Å². The number of fused-ring (bicyclic) bond motifs is 1. The number of carbonyl (C=O) groups excluding carboxylic acids is 1. The van der Waals surface area contributed by atoms with Crippen LogP contribution in [0, 0.1) is 0 Å². The molecular formula is C11H14N2O. The Morgan fingerprint density at radius 3 is 2.93 bits per heavy atom. The van der Waals surface area contributed by atoms with Gasteiger partial charge in [0.2, 0.25) is 5.91 Å². The molecule has 0 saturated carbocycles. The molecule has 1 aliphatic heterocycles. The van der Waals surface area contributed by atoms with Crippen LogP contribution >= 0.6 is 0 Å². The Morgan fingerprint density at radius 2 is 2.21 bits per heavy atom. The number of amides is 1. The van der Waals surface area contributed by atoms with Gasteiger partial charge >= 0.3 is 0 Å². The molecule has 74 valence electrons. The van der Waals surface area contributed by atoms with Crippen LogP contribution in [-0.2, 0) is 11.2 Å². The first-order chi connectivity index (χ1) is 6.68. The highest BCUT2D eigenvalue weighted by Crippen LogP contribution is 2.26. The van der Waals surface area contributed by atoms with Gasteiger partial charge in [-0.25, -0.2) is 0 Å². The third-order valence-electron chi connectivity index (χ3n) is 2.56. The predicted octanol–water partition coefficient (Wildman–Crippen LogP) is 0.923. The summed E-state index contributed by atoms with van der Waals surface area (Å²) in [6.45, 7) is 2.21. The second-order valence-corrected chi connectivity index (χ2v) is 3.72. The molecule has 1 aromatic rings. The number of carbonyl (C=O) groups is 1. The van der Waals surface area contributed by atoms with Crippen molar-refractivity contribution in [1.29, 1.82) is 0 Å². The van der Waals surface area contributed by atoms with E-state index in [1.54, 1.807) is 11.8 Å². The fraction of sp³-hybridized carbons (Fsp3) is 0.364. The van der Waals surface area contributed by atoms with Crippen LogP contribution in [0.3, 0.4) is 0 Å². The largest absolute Gasteiger partial charge is 0.326 e. The number of nitrogens with zero attached hydrogens (tertiary/aromatic N) is 1. The zero-order valence-corrected chi connectivity index (χ0v) is 8.23. The molecule has 2 N–H and O–H groups in total. The number of rotatable bonds is 0. The van der Waals surface area contributed by atoms with E-state index in [0.717, 1.165) is 12.1 Å². The third-order valence-corrected chi connectivity index (χ3v) is 2.56. The van der Waals surface area contributed by atoms with Crippen molar-refractivity contribution in [3.63, 3.8) is 0 Å². The van der Waals surface area contributed by atoms with Crippen LogP contribution in [0.25, 0.3) is 0 Å². The van der Waals surface area contributed by atoms with Gasteiger partial charge in [-0.3, -0.25) is 4.79 Å². The second-order valence-electron chi connectivity index (χ2n) is 3.72. The molecule has 3 heteroatoms. The van der Waals surface area contributed by atoms with Gasteiger partial charge in [0.25, 0.3) is 0 Å².